The van der Waals surface area contributed by atoms with E-state index in [0.29, 0.717) is 19.3 Å². The molecule has 0 aromatic rings. The molecular weight excluding hydrogens is 719 g/mol. The SMILES string of the molecule is CCCCC/C=C/C/C=C/C/C=C/C/C=C/CCCC(=O)O[C@H](COC(=O)CCCCCCC/C=C/C=C/CCCCCC)COP(=O)(O)OC[C@@H](O)CO. The molecule has 11 heteroatoms. The van der Waals surface area contributed by atoms with Crippen molar-refractivity contribution in [3.8, 4) is 0 Å². The van der Waals surface area contributed by atoms with Gasteiger partial charge in [0.2, 0.25) is 0 Å². The number of ether oxygens (including phenoxy) is 2. The van der Waals surface area contributed by atoms with Crippen LogP contribution in [0.3, 0.4) is 0 Å². The van der Waals surface area contributed by atoms with Gasteiger partial charge in [-0.05, 0) is 77.0 Å². The first-order valence-corrected chi connectivity index (χ1v) is 22.4. The maximum Gasteiger partial charge on any atom is 0.472 e. The fourth-order valence-corrected chi connectivity index (χ4v) is 5.88. The van der Waals surface area contributed by atoms with Crippen molar-refractivity contribution in [3.63, 3.8) is 0 Å². The Kier molecular flexibility index (Phi) is 37.8. The van der Waals surface area contributed by atoms with Gasteiger partial charge in [-0.25, -0.2) is 4.57 Å². The number of aliphatic hydroxyl groups is 2. The summed E-state index contributed by atoms with van der Waals surface area (Å²) in [5, 5.41) is 18.3. The van der Waals surface area contributed by atoms with Crippen LogP contribution >= 0.6 is 7.82 Å². The van der Waals surface area contributed by atoms with Gasteiger partial charge in [-0.15, -0.1) is 0 Å². The zero-order valence-electron chi connectivity index (χ0n) is 34.1. The summed E-state index contributed by atoms with van der Waals surface area (Å²) in [5.74, 6) is -1.02. The molecule has 316 valence electrons. The average Bonchev–Trinajstić information content (AvgIpc) is 3.17. The van der Waals surface area contributed by atoms with E-state index in [9.17, 15) is 24.2 Å². The lowest BCUT2D eigenvalue weighted by Crippen LogP contribution is -2.29. The molecule has 0 saturated heterocycles. The molecule has 1 unspecified atom stereocenters. The van der Waals surface area contributed by atoms with Gasteiger partial charge in [-0.1, -0.05) is 138 Å². The molecule has 0 fully saturated rings. The highest BCUT2D eigenvalue weighted by Gasteiger charge is 2.27. The van der Waals surface area contributed by atoms with Crippen LogP contribution in [-0.4, -0.2) is 65.7 Å². The number of aliphatic hydroxyl groups excluding tert-OH is 2. The van der Waals surface area contributed by atoms with Crippen molar-refractivity contribution < 1.29 is 47.8 Å². The Morgan fingerprint density at radius 2 is 1.02 bits per heavy atom. The number of hydrogen-bond acceptors (Lipinski definition) is 9. The lowest BCUT2D eigenvalue weighted by molar-refractivity contribution is -0.161. The molecule has 0 spiro atoms. The first-order valence-electron chi connectivity index (χ1n) is 20.9. The van der Waals surface area contributed by atoms with Crippen LogP contribution in [0, 0.1) is 0 Å². The summed E-state index contributed by atoms with van der Waals surface area (Å²) in [6.45, 7) is 2.23. The summed E-state index contributed by atoms with van der Waals surface area (Å²) in [6, 6.07) is 0. The average molecular weight is 795 g/mol. The van der Waals surface area contributed by atoms with Crippen molar-refractivity contribution in [2.75, 3.05) is 26.4 Å². The third-order valence-corrected chi connectivity index (χ3v) is 9.31. The molecule has 10 nitrogen and oxygen atoms in total. The Morgan fingerprint density at radius 3 is 1.62 bits per heavy atom. The van der Waals surface area contributed by atoms with Crippen LogP contribution in [0.1, 0.15) is 155 Å². The van der Waals surface area contributed by atoms with Crippen LogP contribution in [0.25, 0.3) is 0 Å². The van der Waals surface area contributed by atoms with Crippen molar-refractivity contribution in [1.82, 2.24) is 0 Å². The van der Waals surface area contributed by atoms with Crippen LogP contribution in [0.4, 0.5) is 0 Å². The van der Waals surface area contributed by atoms with E-state index < -0.39 is 51.8 Å². The number of hydrogen-bond donors (Lipinski definition) is 3. The number of rotatable bonds is 38. The second-order valence-electron chi connectivity index (χ2n) is 13.7. The van der Waals surface area contributed by atoms with Crippen LogP contribution in [0.5, 0.6) is 0 Å². The quantitative estimate of drug-likeness (QED) is 0.0181. The zero-order valence-corrected chi connectivity index (χ0v) is 35.0. The Labute approximate surface area is 333 Å². The number of carbonyl (C=O) groups is 2. The Bertz CT molecular complexity index is 1140. The number of phosphoric acid groups is 1. The summed E-state index contributed by atoms with van der Waals surface area (Å²) in [6.07, 6.45) is 44.4. The maximum absolute atomic E-state index is 12.6. The highest BCUT2D eigenvalue weighted by atomic mass is 31.2. The van der Waals surface area contributed by atoms with Crippen LogP contribution in [-0.2, 0) is 32.7 Å². The smallest absolute Gasteiger partial charge is 0.462 e. The van der Waals surface area contributed by atoms with E-state index >= 15 is 0 Å². The highest BCUT2D eigenvalue weighted by molar-refractivity contribution is 7.47. The molecule has 0 radical (unpaired) electrons. The minimum Gasteiger partial charge on any atom is -0.462 e. The molecule has 0 heterocycles. The third kappa shape index (κ3) is 39.4. The van der Waals surface area contributed by atoms with Gasteiger partial charge in [0.05, 0.1) is 19.8 Å². The summed E-state index contributed by atoms with van der Waals surface area (Å²) in [5.41, 5.74) is 0. The van der Waals surface area contributed by atoms with Crippen molar-refractivity contribution in [2.45, 2.75) is 167 Å². The Morgan fingerprint density at radius 1 is 0.564 bits per heavy atom. The van der Waals surface area contributed by atoms with Gasteiger partial charge in [-0.3, -0.25) is 18.6 Å². The van der Waals surface area contributed by atoms with Gasteiger partial charge in [0.25, 0.3) is 0 Å². The van der Waals surface area contributed by atoms with E-state index in [1.807, 2.05) is 12.2 Å². The van der Waals surface area contributed by atoms with Crippen molar-refractivity contribution in [1.29, 1.82) is 0 Å². The molecule has 0 amide bonds. The van der Waals surface area contributed by atoms with Gasteiger partial charge < -0.3 is 24.6 Å². The minimum absolute atomic E-state index is 0.101. The van der Waals surface area contributed by atoms with Crippen molar-refractivity contribution >= 4 is 19.8 Å². The topological polar surface area (TPSA) is 149 Å². The molecule has 0 aliphatic heterocycles. The van der Waals surface area contributed by atoms with Crippen LogP contribution < -0.4 is 0 Å². The highest BCUT2D eigenvalue weighted by Crippen LogP contribution is 2.43. The number of allylic oxidation sites excluding steroid dienone is 12. The van der Waals surface area contributed by atoms with Gasteiger partial charge in [0, 0.05) is 12.8 Å². The largest absolute Gasteiger partial charge is 0.472 e. The first kappa shape index (κ1) is 52.4. The van der Waals surface area contributed by atoms with E-state index in [2.05, 4.69) is 79.1 Å². The normalized spacial score (nSPS) is 14.6. The molecule has 3 N–H and O–H groups in total. The van der Waals surface area contributed by atoms with Crippen LogP contribution in [0.15, 0.2) is 72.9 Å². The van der Waals surface area contributed by atoms with E-state index in [1.54, 1.807) is 0 Å². The van der Waals surface area contributed by atoms with Crippen molar-refractivity contribution in [2.24, 2.45) is 0 Å². The second kappa shape index (κ2) is 39.6. The summed E-state index contributed by atoms with van der Waals surface area (Å²) in [4.78, 5) is 34.9. The maximum atomic E-state index is 12.6. The Hall–Kier alpha value is -2.59. The van der Waals surface area contributed by atoms with E-state index in [4.69, 9.17) is 19.1 Å². The van der Waals surface area contributed by atoms with E-state index in [1.165, 1.54) is 44.9 Å². The molecule has 3 atom stereocenters. The molecule has 0 rings (SSSR count). The number of phosphoric ester groups is 1. The zero-order chi connectivity index (χ0) is 40.5. The molecule has 0 bridgehead atoms. The summed E-state index contributed by atoms with van der Waals surface area (Å²) >= 11 is 0. The number of carbonyl (C=O) groups excluding carboxylic acids is 2. The second-order valence-corrected chi connectivity index (χ2v) is 15.1. The molecule has 0 aromatic carbocycles. The van der Waals surface area contributed by atoms with E-state index in [0.717, 1.165) is 64.2 Å². The fourth-order valence-electron chi connectivity index (χ4n) is 5.09. The summed E-state index contributed by atoms with van der Waals surface area (Å²) < 4.78 is 32.6. The Balaban J connectivity index is 4.47. The lowest BCUT2D eigenvalue weighted by Gasteiger charge is -2.20. The summed E-state index contributed by atoms with van der Waals surface area (Å²) in [7, 11) is -4.64. The van der Waals surface area contributed by atoms with Crippen LogP contribution in [0.2, 0.25) is 0 Å². The minimum atomic E-state index is -4.64. The molecule has 0 aromatic heterocycles. The van der Waals surface area contributed by atoms with E-state index in [-0.39, 0.29) is 19.4 Å². The van der Waals surface area contributed by atoms with Gasteiger partial charge in [-0.2, -0.15) is 0 Å². The van der Waals surface area contributed by atoms with Gasteiger partial charge in [0.1, 0.15) is 12.7 Å². The van der Waals surface area contributed by atoms with Gasteiger partial charge in [0.15, 0.2) is 6.10 Å². The first-order chi connectivity index (χ1) is 26.7. The molecule has 0 saturated carbocycles. The number of esters is 2. The molecular formula is C44H75O10P. The third-order valence-electron chi connectivity index (χ3n) is 8.36. The monoisotopic (exact) mass is 795 g/mol. The lowest BCUT2D eigenvalue weighted by atomic mass is 10.1. The number of unbranched alkanes of at least 4 members (excludes halogenated alkanes) is 13. The standard InChI is InChI=1S/C44H75O10P/c1-3-5-7-9-11-13-15-17-19-20-22-24-26-28-30-32-34-36-44(48)54-42(40-53-55(49,50)52-38-41(46)37-45)39-51-43(47)35-33-31-29-27-25-23-21-18-16-14-12-10-8-6-4-2/h11,13-14,16-19,21-22,24,28,30,41-42,45-46H,3-10,12,15,20,23,25-27,29,31-40H2,1-2H3,(H,49,50)/b13-11+,16-14+,19-17+,21-18+,24-22+,30-28+/t41-,42+/m0/s1. The van der Waals surface area contributed by atoms with Crippen molar-refractivity contribution in [3.05, 3.63) is 72.9 Å². The predicted molar refractivity (Wildman–Crippen MR) is 223 cm³/mol. The molecule has 0 aliphatic rings. The predicted octanol–water partition coefficient (Wildman–Crippen LogP) is 10.9. The molecule has 55 heavy (non-hydrogen) atoms. The van der Waals surface area contributed by atoms with Gasteiger partial charge >= 0.3 is 19.8 Å². The fraction of sp³-hybridized carbons (Fsp3) is 0.682. The molecule has 0 aliphatic carbocycles.